The molecule has 0 aromatic carbocycles. The first-order chi connectivity index (χ1) is 10.3. The summed E-state index contributed by atoms with van der Waals surface area (Å²) in [7, 11) is 0. The molecule has 116 valence electrons. The van der Waals surface area contributed by atoms with Gasteiger partial charge in [-0.25, -0.2) is 4.98 Å². The zero-order chi connectivity index (χ0) is 15.1. The minimum Gasteiger partial charge on any atom is -0.378 e. The van der Waals surface area contributed by atoms with Gasteiger partial charge in [-0.3, -0.25) is 4.79 Å². The van der Waals surface area contributed by atoms with Gasteiger partial charge in [0, 0.05) is 32.4 Å². The molecular formula is C16H25N3O2. The Hall–Kier alpha value is -1.62. The van der Waals surface area contributed by atoms with Crippen molar-refractivity contribution in [2.24, 2.45) is 0 Å². The van der Waals surface area contributed by atoms with E-state index < -0.39 is 0 Å². The normalized spacial score (nSPS) is 15.0. The van der Waals surface area contributed by atoms with E-state index in [2.05, 4.69) is 23.7 Å². The molecule has 0 saturated carbocycles. The van der Waals surface area contributed by atoms with E-state index >= 15 is 0 Å². The third kappa shape index (κ3) is 3.94. The number of carbonyl (C=O) groups excluding carboxylic acids is 1. The summed E-state index contributed by atoms with van der Waals surface area (Å²) in [6.45, 7) is 8.76. The molecule has 0 unspecified atom stereocenters. The molecule has 5 nitrogen and oxygen atoms in total. The topological polar surface area (TPSA) is 45.7 Å². The Bertz CT molecular complexity index is 453. The number of rotatable bonds is 6. The van der Waals surface area contributed by atoms with E-state index in [9.17, 15) is 4.79 Å². The molecule has 2 rings (SSSR count). The molecule has 5 heteroatoms. The summed E-state index contributed by atoms with van der Waals surface area (Å²) in [6.07, 6.45) is 3.70. The molecule has 0 N–H and O–H groups in total. The summed E-state index contributed by atoms with van der Waals surface area (Å²) >= 11 is 0. The molecular weight excluding hydrogens is 266 g/mol. The summed E-state index contributed by atoms with van der Waals surface area (Å²) in [5.74, 6) is 0.885. The van der Waals surface area contributed by atoms with Crippen molar-refractivity contribution in [3.05, 3.63) is 23.9 Å². The summed E-state index contributed by atoms with van der Waals surface area (Å²) < 4.78 is 5.38. The molecule has 0 atom stereocenters. The number of amides is 1. The second-order valence-corrected chi connectivity index (χ2v) is 5.27. The number of aromatic nitrogens is 1. The van der Waals surface area contributed by atoms with Crippen LogP contribution in [0, 0.1) is 0 Å². The van der Waals surface area contributed by atoms with Gasteiger partial charge in [-0.1, -0.05) is 13.8 Å². The fraction of sp³-hybridized carbons (Fsp3) is 0.625. The van der Waals surface area contributed by atoms with Gasteiger partial charge in [0.1, 0.15) is 5.82 Å². The average molecular weight is 291 g/mol. The minimum atomic E-state index is 0.0910. The SMILES string of the molecule is CCCN(CCC)C(=O)c1cccnc1N1CCOCC1. The van der Waals surface area contributed by atoms with Crippen LogP contribution in [0.3, 0.4) is 0 Å². The van der Waals surface area contributed by atoms with Crippen molar-refractivity contribution in [2.45, 2.75) is 26.7 Å². The Kier molecular flexibility index (Phi) is 5.99. The van der Waals surface area contributed by atoms with E-state index in [0.717, 1.165) is 44.8 Å². The second-order valence-electron chi connectivity index (χ2n) is 5.27. The molecule has 0 radical (unpaired) electrons. The number of hydrogen-bond donors (Lipinski definition) is 0. The van der Waals surface area contributed by atoms with Crippen LogP contribution in [0.1, 0.15) is 37.0 Å². The maximum atomic E-state index is 12.8. The number of nitrogens with zero attached hydrogens (tertiary/aromatic N) is 3. The van der Waals surface area contributed by atoms with Gasteiger partial charge in [0.05, 0.1) is 18.8 Å². The smallest absolute Gasteiger partial charge is 0.257 e. The number of morpholine rings is 1. The van der Waals surface area contributed by atoms with Gasteiger partial charge in [-0.05, 0) is 25.0 Å². The fourth-order valence-corrected chi connectivity index (χ4v) is 2.62. The predicted molar refractivity (Wildman–Crippen MR) is 83.8 cm³/mol. The molecule has 0 aliphatic carbocycles. The van der Waals surface area contributed by atoms with Gasteiger partial charge in [-0.2, -0.15) is 0 Å². The Morgan fingerprint density at radius 3 is 2.57 bits per heavy atom. The van der Waals surface area contributed by atoms with Gasteiger partial charge in [0.25, 0.3) is 5.91 Å². The fourth-order valence-electron chi connectivity index (χ4n) is 2.62. The maximum absolute atomic E-state index is 12.8. The van der Waals surface area contributed by atoms with Gasteiger partial charge >= 0.3 is 0 Å². The van der Waals surface area contributed by atoms with Crippen LogP contribution in [0.25, 0.3) is 0 Å². The van der Waals surface area contributed by atoms with E-state index in [-0.39, 0.29) is 5.91 Å². The molecule has 0 spiro atoms. The second kappa shape index (κ2) is 7.98. The molecule has 21 heavy (non-hydrogen) atoms. The first-order valence-electron chi connectivity index (χ1n) is 7.84. The first kappa shape index (κ1) is 15.8. The van der Waals surface area contributed by atoms with Crippen molar-refractivity contribution in [1.82, 2.24) is 9.88 Å². The van der Waals surface area contributed by atoms with Gasteiger partial charge < -0.3 is 14.5 Å². The van der Waals surface area contributed by atoms with Crippen LogP contribution >= 0.6 is 0 Å². The Labute approximate surface area is 126 Å². The summed E-state index contributed by atoms with van der Waals surface area (Å²) in [4.78, 5) is 21.3. The molecule has 1 aliphatic heterocycles. The van der Waals surface area contributed by atoms with Gasteiger partial charge in [0.15, 0.2) is 0 Å². The van der Waals surface area contributed by atoms with E-state index in [1.165, 1.54) is 0 Å². The van der Waals surface area contributed by atoms with E-state index in [4.69, 9.17) is 4.74 Å². The lowest BCUT2D eigenvalue weighted by Gasteiger charge is -2.30. The largest absolute Gasteiger partial charge is 0.378 e. The van der Waals surface area contributed by atoms with E-state index in [1.54, 1.807) is 6.20 Å². The standard InChI is InChI=1S/C16H25N3O2/c1-3-8-19(9-4-2)16(20)14-6-5-7-17-15(14)18-10-12-21-13-11-18/h5-7H,3-4,8-13H2,1-2H3. The van der Waals surface area contributed by atoms with Gasteiger partial charge in [0.2, 0.25) is 0 Å². The number of anilines is 1. The van der Waals surface area contributed by atoms with Crippen LogP contribution in [0.15, 0.2) is 18.3 Å². The third-order valence-corrected chi connectivity index (χ3v) is 3.60. The Morgan fingerprint density at radius 2 is 1.95 bits per heavy atom. The van der Waals surface area contributed by atoms with Crippen LogP contribution in [-0.2, 0) is 4.74 Å². The lowest BCUT2D eigenvalue weighted by molar-refractivity contribution is 0.0754. The minimum absolute atomic E-state index is 0.0910. The number of pyridine rings is 1. The monoisotopic (exact) mass is 291 g/mol. The van der Waals surface area contributed by atoms with Crippen LogP contribution in [0.5, 0.6) is 0 Å². The molecule has 1 fully saturated rings. The quantitative estimate of drug-likeness (QED) is 0.806. The lowest BCUT2D eigenvalue weighted by atomic mass is 10.2. The molecule has 1 aliphatic rings. The van der Waals surface area contributed by atoms with Crippen molar-refractivity contribution in [3.8, 4) is 0 Å². The maximum Gasteiger partial charge on any atom is 0.257 e. The summed E-state index contributed by atoms with van der Waals surface area (Å²) in [6, 6.07) is 3.73. The van der Waals surface area contributed by atoms with Crippen molar-refractivity contribution in [2.75, 3.05) is 44.3 Å². The van der Waals surface area contributed by atoms with Crippen LogP contribution in [-0.4, -0.2) is 55.2 Å². The third-order valence-electron chi connectivity index (χ3n) is 3.60. The van der Waals surface area contributed by atoms with Crippen molar-refractivity contribution in [1.29, 1.82) is 0 Å². The highest BCUT2D eigenvalue weighted by Crippen LogP contribution is 2.20. The Morgan fingerprint density at radius 1 is 1.29 bits per heavy atom. The molecule has 1 aromatic heterocycles. The number of hydrogen-bond acceptors (Lipinski definition) is 4. The molecule has 1 aromatic rings. The van der Waals surface area contributed by atoms with Crippen molar-refractivity contribution < 1.29 is 9.53 Å². The van der Waals surface area contributed by atoms with Crippen LogP contribution < -0.4 is 4.90 Å². The molecule has 0 bridgehead atoms. The zero-order valence-electron chi connectivity index (χ0n) is 13.0. The van der Waals surface area contributed by atoms with Crippen LogP contribution in [0.2, 0.25) is 0 Å². The number of ether oxygens (including phenoxy) is 1. The van der Waals surface area contributed by atoms with E-state index in [0.29, 0.717) is 18.8 Å². The van der Waals surface area contributed by atoms with Crippen molar-refractivity contribution >= 4 is 11.7 Å². The highest BCUT2D eigenvalue weighted by Gasteiger charge is 2.22. The molecule has 2 heterocycles. The lowest BCUT2D eigenvalue weighted by Crippen LogP contribution is -2.39. The van der Waals surface area contributed by atoms with Gasteiger partial charge in [-0.15, -0.1) is 0 Å². The molecule has 1 saturated heterocycles. The average Bonchev–Trinajstić information content (AvgIpc) is 2.55. The summed E-state index contributed by atoms with van der Waals surface area (Å²) in [5.41, 5.74) is 0.710. The highest BCUT2D eigenvalue weighted by molar-refractivity contribution is 5.98. The van der Waals surface area contributed by atoms with E-state index in [1.807, 2.05) is 17.0 Å². The highest BCUT2D eigenvalue weighted by atomic mass is 16.5. The summed E-state index contributed by atoms with van der Waals surface area (Å²) in [5, 5.41) is 0. The zero-order valence-corrected chi connectivity index (χ0v) is 13.0. The van der Waals surface area contributed by atoms with Crippen LogP contribution in [0.4, 0.5) is 5.82 Å². The predicted octanol–water partition coefficient (Wildman–Crippen LogP) is 2.18. The molecule has 1 amide bonds. The Balaban J connectivity index is 2.23. The number of carbonyl (C=O) groups is 1. The van der Waals surface area contributed by atoms with Crippen molar-refractivity contribution in [3.63, 3.8) is 0 Å². The first-order valence-corrected chi connectivity index (χ1v) is 7.84.